The largest absolute Gasteiger partial charge is 0.465 e. The lowest BCUT2D eigenvalue weighted by molar-refractivity contribution is -0.171. The number of fused-ring (bicyclic) bond motifs is 1. The molecule has 0 saturated carbocycles. The summed E-state index contributed by atoms with van der Waals surface area (Å²) in [4.78, 5) is 30.6. The average molecular weight is 388 g/mol. The zero-order valence-corrected chi connectivity index (χ0v) is 18.0. The lowest BCUT2D eigenvalue weighted by Crippen LogP contribution is -2.46. The SMILES string of the molecule is CCOC(=O)C(C)(C(=O)OCC)C1/C(=C/[Si](C)(C)C)C=Nc2ccccc21. The maximum Gasteiger partial charge on any atom is 0.324 e. The van der Waals surface area contributed by atoms with Crippen LogP contribution in [0.25, 0.3) is 0 Å². The fourth-order valence-electron chi connectivity index (χ4n) is 3.39. The van der Waals surface area contributed by atoms with Crippen LogP contribution in [0.5, 0.6) is 0 Å². The monoisotopic (exact) mass is 387 g/mol. The van der Waals surface area contributed by atoms with E-state index in [1.807, 2.05) is 24.3 Å². The summed E-state index contributed by atoms with van der Waals surface area (Å²) < 4.78 is 10.6. The number of allylic oxidation sites excluding steroid dienone is 1. The Morgan fingerprint density at radius 1 is 1.11 bits per heavy atom. The van der Waals surface area contributed by atoms with Crippen LogP contribution in [0.3, 0.4) is 0 Å². The second kappa shape index (κ2) is 8.21. The van der Waals surface area contributed by atoms with Crippen molar-refractivity contribution in [2.24, 2.45) is 10.4 Å². The van der Waals surface area contributed by atoms with Crippen molar-refractivity contribution in [3.8, 4) is 0 Å². The molecule has 1 aliphatic heterocycles. The van der Waals surface area contributed by atoms with E-state index < -0.39 is 31.3 Å². The number of hydrogen-bond acceptors (Lipinski definition) is 5. The zero-order valence-electron chi connectivity index (χ0n) is 17.0. The molecule has 1 atom stereocenters. The van der Waals surface area contributed by atoms with Gasteiger partial charge in [0.1, 0.15) is 0 Å². The molecule has 1 aromatic rings. The quantitative estimate of drug-likeness (QED) is 0.412. The smallest absolute Gasteiger partial charge is 0.324 e. The van der Waals surface area contributed by atoms with Crippen LogP contribution in [0.15, 0.2) is 40.5 Å². The summed E-state index contributed by atoms with van der Waals surface area (Å²) in [7, 11) is -1.65. The molecule has 27 heavy (non-hydrogen) atoms. The Morgan fingerprint density at radius 2 is 1.67 bits per heavy atom. The topological polar surface area (TPSA) is 65.0 Å². The summed E-state index contributed by atoms with van der Waals surface area (Å²) in [5.74, 6) is -1.64. The molecular formula is C21H29NO4Si. The van der Waals surface area contributed by atoms with Gasteiger partial charge in [-0.1, -0.05) is 43.5 Å². The van der Waals surface area contributed by atoms with Crippen molar-refractivity contribution in [2.75, 3.05) is 13.2 Å². The molecule has 0 saturated heterocycles. The van der Waals surface area contributed by atoms with Gasteiger partial charge in [-0.05, 0) is 38.0 Å². The van der Waals surface area contributed by atoms with Crippen molar-refractivity contribution in [1.29, 1.82) is 0 Å². The summed E-state index contributed by atoms with van der Waals surface area (Å²) >= 11 is 0. The van der Waals surface area contributed by atoms with E-state index in [9.17, 15) is 9.59 Å². The van der Waals surface area contributed by atoms with Crippen LogP contribution in [0.4, 0.5) is 5.69 Å². The molecular weight excluding hydrogens is 358 g/mol. The standard InChI is InChI=1S/C21H29NO4Si/c1-7-25-19(23)21(3,20(24)26-8-2)18-15(14-27(4,5)6)13-22-17-12-10-9-11-16(17)18/h9-14,18H,7-8H2,1-6H3/b15-14+. The Labute approximate surface area is 162 Å². The number of carbonyl (C=O) groups is 2. The second-order valence-corrected chi connectivity index (χ2v) is 12.9. The number of rotatable bonds is 6. The summed E-state index contributed by atoms with van der Waals surface area (Å²) in [5, 5.41) is 0. The van der Waals surface area contributed by atoms with Crippen LogP contribution in [-0.4, -0.2) is 39.4 Å². The molecule has 0 amide bonds. The number of para-hydroxylation sites is 1. The van der Waals surface area contributed by atoms with Gasteiger partial charge in [0.05, 0.1) is 27.0 Å². The molecule has 146 valence electrons. The van der Waals surface area contributed by atoms with Crippen molar-refractivity contribution in [2.45, 2.75) is 46.3 Å². The molecule has 2 rings (SSSR count). The lowest BCUT2D eigenvalue weighted by Gasteiger charge is -2.37. The molecule has 0 N–H and O–H groups in total. The first-order valence-corrected chi connectivity index (χ1v) is 12.9. The van der Waals surface area contributed by atoms with Crippen LogP contribution in [0, 0.1) is 5.41 Å². The Hall–Kier alpha value is -2.21. The number of ether oxygens (including phenoxy) is 2. The second-order valence-electron chi connectivity index (χ2n) is 7.90. The summed E-state index contributed by atoms with van der Waals surface area (Å²) in [6, 6.07) is 7.61. The fourth-order valence-corrected chi connectivity index (χ4v) is 4.63. The number of aliphatic imine (C=N–C) groups is 1. The number of hydrogen-bond donors (Lipinski definition) is 0. The molecule has 5 nitrogen and oxygen atoms in total. The van der Waals surface area contributed by atoms with Crippen molar-refractivity contribution >= 4 is 31.9 Å². The van der Waals surface area contributed by atoms with Crippen LogP contribution in [-0.2, 0) is 19.1 Å². The third-order valence-electron chi connectivity index (χ3n) is 4.51. The van der Waals surface area contributed by atoms with E-state index >= 15 is 0 Å². The van der Waals surface area contributed by atoms with Crippen molar-refractivity contribution in [1.82, 2.24) is 0 Å². The van der Waals surface area contributed by atoms with Crippen molar-refractivity contribution < 1.29 is 19.1 Å². The molecule has 0 aromatic heterocycles. The number of esters is 2. The number of carbonyl (C=O) groups excluding carboxylic acids is 2. The van der Waals surface area contributed by atoms with Gasteiger partial charge in [-0.25, -0.2) is 0 Å². The third-order valence-corrected chi connectivity index (χ3v) is 5.71. The minimum atomic E-state index is -1.65. The molecule has 0 radical (unpaired) electrons. The molecule has 0 spiro atoms. The van der Waals surface area contributed by atoms with Gasteiger partial charge in [0.15, 0.2) is 5.41 Å². The van der Waals surface area contributed by atoms with E-state index in [0.29, 0.717) is 0 Å². The normalized spacial score (nSPS) is 18.1. The molecule has 6 heteroatoms. The van der Waals surface area contributed by atoms with E-state index in [1.54, 1.807) is 27.0 Å². The van der Waals surface area contributed by atoms with Gasteiger partial charge in [-0.15, -0.1) is 0 Å². The molecule has 0 aliphatic carbocycles. The predicted octanol–water partition coefficient (Wildman–Crippen LogP) is 4.42. The molecule has 0 bridgehead atoms. The van der Waals surface area contributed by atoms with Gasteiger partial charge in [0.25, 0.3) is 0 Å². The minimum absolute atomic E-state index is 0.198. The van der Waals surface area contributed by atoms with E-state index in [4.69, 9.17) is 9.47 Å². The fraction of sp³-hybridized carbons (Fsp3) is 0.476. The Balaban J connectivity index is 2.73. The van der Waals surface area contributed by atoms with Crippen LogP contribution in [0.1, 0.15) is 32.3 Å². The predicted molar refractivity (Wildman–Crippen MR) is 110 cm³/mol. The van der Waals surface area contributed by atoms with Gasteiger partial charge in [0.2, 0.25) is 0 Å². The van der Waals surface area contributed by atoms with Gasteiger partial charge >= 0.3 is 11.9 Å². The van der Waals surface area contributed by atoms with E-state index in [1.165, 1.54) is 0 Å². The summed E-state index contributed by atoms with van der Waals surface area (Å²) in [6.45, 7) is 12.1. The van der Waals surface area contributed by atoms with Gasteiger partial charge in [-0.2, -0.15) is 0 Å². The lowest BCUT2D eigenvalue weighted by atomic mass is 9.68. The highest BCUT2D eigenvalue weighted by Gasteiger charge is 2.53. The van der Waals surface area contributed by atoms with Crippen LogP contribution < -0.4 is 0 Å². The van der Waals surface area contributed by atoms with Crippen LogP contribution in [0.2, 0.25) is 19.6 Å². The first-order valence-electron chi connectivity index (χ1n) is 9.35. The zero-order chi connectivity index (χ0) is 20.2. The highest BCUT2D eigenvalue weighted by atomic mass is 28.3. The maximum atomic E-state index is 13.0. The maximum absolute atomic E-state index is 13.0. The van der Waals surface area contributed by atoms with Gasteiger partial charge < -0.3 is 9.47 Å². The minimum Gasteiger partial charge on any atom is -0.465 e. The van der Waals surface area contributed by atoms with Gasteiger partial charge in [-0.3, -0.25) is 14.6 Å². The summed E-state index contributed by atoms with van der Waals surface area (Å²) in [5.41, 5.74) is 3.17. The van der Waals surface area contributed by atoms with Gasteiger partial charge in [0, 0.05) is 12.1 Å². The van der Waals surface area contributed by atoms with Crippen LogP contribution >= 0.6 is 0 Å². The molecule has 1 heterocycles. The molecule has 0 fully saturated rings. The Morgan fingerprint density at radius 3 is 2.19 bits per heavy atom. The van der Waals surface area contributed by atoms with Crippen molar-refractivity contribution in [3.63, 3.8) is 0 Å². The molecule has 1 unspecified atom stereocenters. The van der Waals surface area contributed by atoms with E-state index in [0.717, 1.165) is 16.8 Å². The first kappa shape index (κ1) is 21.1. The molecule has 1 aliphatic rings. The Kier molecular flexibility index (Phi) is 6.41. The first-order chi connectivity index (χ1) is 12.6. The highest BCUT2D eigenvalue weighted by molar-refractivity contribution is 6.81. The third kappa shape index (κ3) is 4.38. The number of nitrogens with zero attached hydrogens (tertiary/aromatic N) is 1. The number of benzene rings is 1. The average Bonchev–Trinajstić information content (AvgIpc) is 2.60. The molecule has 1 aromatic carbocycles. The van der Waals surface area contributed by atoms with E-state index in [-0.39, 0.29) is 13.2 Å². The highest BCUT2D eigenvalue weighted by Crippen LogP contribution is 2.48. The summed E-state index contributed by atoms with van der Waals surface area (Å²) in [6.07, 6.45) is 1.78. The van der Waals surface area contributed by atoms with Crippen molar-refractivity contribution in [3.05, 3.63) is 41.1 Å². The Bertz CT molecular complexity index is 759. The van der Waals surface area contributed by atoms with E-state index in [2.05, 4.69) is 30.3 Å².